The van der Waals surface area contributed by atoms with Gasteiger partial charge in [-0.3, -0.25) is 14.4 Å². The standard InChI is InChI=1S/C18H22N4O4/c1-20-12-19-14-11-13(3-4-15(14)20)18(25)22-9-7-21(8-10-22)16(23)5-6-17(24)26-2/h3-4,11-12H,5-10H2,1-2H3. The van der Waals surface area contributed by atoms with E-state index in [4.69, 9.17) is 0 Å². The summed E-state index contributed by atoms with van der Waals surface area (Å²) in [5.74, 6) is -0.534. The zero-order chi connectivity index (χ0) is 18.7. The van der Waals surface area contributed by atoms with Crippen molar-refractivity contribution in [3.8, 4) is 0 Å². The van der Waals surface area contributed by atoms with Crippen molar-refractivity contribution >= 4 is 28.8 Å². The molecule has 0 atom stereocenters. The minimum absolute atomic E-state index is 0.0563. The number of amides is 2. The summed E-state index contributed by atoms with van der Waals surface area (Å²) >= 11 is 0. The molecule has 0 spiro atoms. The molecule has 0 bridgehead atoms. The molecule has 1 aromatic carbocycles. The third kappa shape index (κ3) is 3.68. The van der Waals surface area contributed by atoms with E-state index in [2.05, 4.69) is 9.72 Å². The number of fused-ring (bicyclic) bond motifs is 1. The van der Waals surface area contributed by atoms with Crippen LogP contribution in [-0.4, -0.2) is 70.4 Å². The molecule has 8 nitrogen and oxygen atoms in total. The van der Waals surface area contributed by atoms with E-state index in [0.717, 1.165) is 11.0 Å². The van der Waals surface area contributed by atoms with Gasteiger partial charge in [0.15, 0.2) is 0 Å². The Morgan fingerprint density at radius 3 is 2.46 bits per heavy atom. The number of carbonyl (C=O) groups is 3. The maximum Gasteiger partial charge on any atom is 0.306 e. The van der Waals surface area contributed by atoms with E-state index < -0.39 is 5.97 Å². The third-order valence-electron chi connectivity index (χ3n) is 4.66. The summed E-state index contributed by atoms with van der Waals surface area (Å²) in [7, 11) is 3.22. The first-order valence-corrected chi connectivity index (χ1v) is 8.54. The van der Waals surface area contributed by atoms with Crippen LogP contribution in [0.25, 0.3) is 11.0 Å². The van der Waals surface area contributed by atoms with Gasteiger partial charge in [0.25, 0.3) is 5.91 Å². The molecular formula is C18H22N4O4. The first kappa shape index (κ1) is 17.9. The van der Waals surface area contributed by atoms with Gasteiger partial charge >= 0.3 is 5.97 Å². The van der Waals surface area contributed by atoms with Crippen molar-refractivity contribution in [3.05, 3.63) is 30.1 Å². The molecule has 2 aromatic rings. The Bertz CT molecular complexity index is 837. The SMILES string of the molecule is COC(=O)CCC(=O)N1CCN(C(=O)c2ccc3c(c2)ncn3C)CC1. The fraction of sp³-hybridized carbons (Fsp3) is 0.444. The lowest BCUT2D eigenvalue weighted by atomic mass is 10.1. The molecule has 0 N–H and O–H groups in total. The summed E-state index contributed by atoms with van der Waals surface area (Å²) in [4.78, 5) is 43.7. The lowest BCUT2D eigenvalue weighted by Gasteiger charge is -2.34. The van der Waals surface area contributed by atoms with E-state index >= 15 is 0 Å². The van der Waals surface area contributed by atoms with Crippen LogP contribution in [0.5, 0.6) is 0 Å². The second-order valence-corrected chi connectivity index (χ2v) is 6.31. The maximum atomic E-state index is 12.7. The first-order chi connectivity index (χ1) is 12.5. The molecule has 1 aromatic heterocycles. The Morgan fingerprint density at radius 2 is 1.77 bits per heavy atom. The highest BCUT2D eigenvalue weighted by Gasteiger charge is 2.25. The predicted octanol–water partition coefficient (Wildman–Crippen LogP) is 0.811. The van der Waals surface area contributed by atoms with Gasteiger partial charge in [0.2, 0.25) is 5.91 Å². The van der Waals surface area contributed by atoms with Gasteiger partial charge in [-0.25, -0.2) is 4.98 Å². The molecule has 138 valence electrons. The molecule has 0 unspecified atom stereocenters. The number of imidazole rings is 1. The van der Waals surface area contributed by atoms with Gasteiger partial charge in [-0.05, 0) is 18.2 Å². The number of methoxy groups -OCH3 is 1. The van der Waals surface area contributed by atoms with Crippen molar-refractivity contribution in [1.29, 1.82) is 0 Å². The quantitative estimate of drug-likeness (QED) is 0.755. The number of rotatable bonds is 4. The number of nitrogens with zero attached hydrogens (tertiary/aromatic N) is 4. The van der Waals surface area contributed by atoms with Gasteiger partial charge in [-0.1, -0.05) is 0 Å². The van der Waals surface area contributed by atoms with Crippen molar-refractivity contribution < 1.29 is 19.1 Å². The largest absolute Gasteiger partial charge is 0.469 e. The van der Waals surface area contributed by atoms with Crippen molar-refractivity contribution in [2.24, 2.45) is 7.05 Å². The number of aryl methyl sites for hydroxylation is 1. The summed E-state index contributed by atoms with van der Waals surface area (Å²) in [5, 5.41) is 0. The fourth-order valence-electron chi connectivity index (χ4n) is 3.08. The molecule has 2 heterocycles. The summed E-state index contributed by atoms with van der Waals surface area (Å²) in [6, 6.07) is 5.49. The zero-order valence-electron chi connectivity index (χ0n) is 15.0. The average Bonchev–Trinajstić information content (AvgIpc) is 3.05. The van der Waals surface area contributed by atoms with Crippen LogP contribution in [0.3, 0.4) is 0 Å². The van der Waals surface area contributed by atoms with Crippen LogP contribution in [0, 0.1) is 0 Å². The molecule has 26 heavy (non-hydrogen) atoms. The molecular weight excluding hydrogens is 336 g/mol. The molecule has 1 fully saturated rings. The fourth-order valence-corrected chi connectivity index (χ4v) is 3.08. The Kier molecular flexibility index (Phi) is 5.20. The average molecular weight is 358 g/mol. The summed E-state index contributed by atoms with van der Waals surface area (Å²) in [5.41, 5.74) is 2.36. The summed E-state index contributed by atoms with van der Waals surface area (Å²) < 4.78 is 6.45. The highest BCUT2D eigenvalue weighted by atomic mass is 16.5. The maximum absolute atomic E-state index is 12.7. The van der Waals surface area contributed by atoms with Crippen molar-refractivity contribution in [3.63, 3.8) is 0 Å². The van der Waals surface area contributed by atoms with Gasteiger partial charge in [0.1, 0.15) is 0 Å². The van der Waals surface area contributed by atoms with E-state index in [1.807, 2.05) is 17.7 Å². The van der Waals surface area contributed by atoms with Crippen LogP contribution < -0.4 is 0 Å². The van der Waals surface area contributed by atoms with Crippen molar-refractivity contribution in [2.45, 2.75) is 12.8 Å². The Balaban J connectivity index is 1.57. The van der Waals surface area contributed by atoms with Crippen LogP contribution in [0.1, 0.15) is 23.2 Å². The number of carbonyl (C=O) groups excluding carboxylic acids is 3. The molecule has 0 aliphatic carbocycles. The minimum atomic E-state index is -0.392. The Morgan fingerprint density at radius 1 is 1.08 bits per heavy atom. The zero-order valence-corrected chi connectivity index (χ0v) is 15.0. The number of piperazine rings is 1. The highest BCUT2D eigenvalue weighted by molar-refractivity contribution is 5.97. The first-order valence-electron chi connectivity index (χ1n) is 8.54. The molecule has 1 saturated heterocycles. The number of esters is 1. The molecule has 1 aliphatic heterocycles. The number of benzene rings is 1. The van der Waals surface area contributed by atoms with Gasteiger partial charge in [0, 0.05) is 45.2 Å². The monoisotopic (exact) mass is 358 g/mol. The molecule has 0 saturated carbocycles. The van der Waals surface area contributed by atoms with Crippen LogP contribution in [0.4, 0.5) is 0 Å². The lowest BCUT2D eigenvalue weighted by Crippen LogP contribution is -2.50. The van der Waals surface area contributed by atoms with Gasteiger partial charge < -0.3 is 19.1 Å². The lowest BCUT2D eigenvalue weighted by molar-refractivity contribution is -0.143. The van der Waals surface area contributed by atoms with Crippen LogP contribution in [0.15, 0.2) is 24.5 Å². The van der Waals surface area contributed by atoms with E-state index in [0.29, 0.717) is 31.7 Å². The van der Waals surface area contributed by atoms with E-state index in [9.17, 15) is 14.4 Å². The number of ether oxygens (including phenoxy) is 1. The summed E-state index contributed by atoms with van der Waals surface area (Å²) in [6.07, 6.45) is 1.94. The van der Waals surface area contributed by atoms with Gasteiger partial charge in [-0.15, -0.1) is 0 Å². The van der Waals surface area contributed by atoms with E-state index in [-0.39, 0.29) is 24.7 Å². The third-order valence-corrected chi connectivity index (χ3v) is 4.66. The second kappa shape index (κ2) is 7.55. The second-order valence-electron chi connectivity index (χ2n) is 6.31. The number of hydrogen-bond acceptors (Lipinski definition) is 5. The topological polar surface area (TPSA) is 84.7 Å². The Hall–Kier alpha value is -2.90. The van der Waals surface area contributed by atoms with E-state index in [1.165, 1.54) is 7.11 Å². The van der Waals surface area contributed by atoms with Crippen LogP contribution in [0.2, 0.25) is 0 Å². The predicted molar refractivity (Wildman–Crippen MR) is 94.4 cm³/mol. The molecule has 2 amide bonds. The van der Waals surface area contributed by atoms with E-state index in [1.54, 1.807) is 28.3 Å². The normalized spacial score (nSPS) is 14.5. The van der Waals surface area contributed by atoms with Gasteiger partial charge in [0.05, 0.1) is 30.9 Å². The number of hydrogen-bond donors (Lipinski definition) is 0. The van der Waals surface area contributed by atoms with Gasteiger partial charge in [-0.2, -0.15) is 0 Å². The number of aromatic nitrogens is 2. The van der Waals surface area contributed by atoms with Crippen molar-refractivity contribution in [1.82, 2.24) is 19.4 Å². The summed E-state index contributed by atoms with van der Waals surface area (Å²) in [6.45, 7) is 1.89. The molecule has 3 rings (SSSR count). The Labute approximate surface area is 151 Å². The molecule has 8 heteroatoms. The molecule has 1 aliphatic rings. The molecule has 0 radical (unpaired) electrons. The van der Waals surface area contributed by atoms with Crippen molar-refractivity contribution in [2.75, 3.05) is 33.3 Å². The highest BCUT2D eigenvalue weighted by Crippen LogP contribution is 2.16. The van der Waals surface area contributed by atoms with Crippen LogP contribution in [-0.2, 0) is 21.4 Å². The smallest absolute Gasteiger partial charge is 0.306 e. The van der Waals surface area contributed by atoms with Crippen LogP contribution >= 0.6 is 0 Å². The minimum Gasteiger partial charge on any atom is -0.469 e.